The highest BCUT2D eigenvalue weighted by atomic mass is 79.9. The van der Waals surface area contributed by atoms with Crippen molar-refractivity contribution in [1.82, 2.24) is 0 Å². The number of benzene rings is 1. The normalized spacial score (nSPS) is 18.4. The molecule has 1 aromatic carbocycles. The van der Waals surface area contributed by atoms with Crippen molar-refractivity contribution in [2.45, 2.75) is 38.0 Å². The van der Waals surface area contributed by atoms with E-state index in [0.29, 0.717) is 0 Å². The standard InChI is InChI=1S/C14H20BrNO/c1-10-7-13(17-2)12(15)8-11(10)14(9-16)5-3-4-6-14/h7-8H,3-6,9,16H2,1-2H3. The highest BCUT2D eigenvalue weighted by molar-refractivity contribution is 9.10. The van der Waals surface area contributed by atoms with Gasteiger partial charge in [0.05, 0.1) is 11.6 Å². The number of hydrogen-bond acceptors (Lipinski definition) is 2. The SMILES string of the molecule is COc1cc(C)c(C2(CN)CCCC2)cc1Br. The molecule has 0 atom stereocenters. The first-order chi connectivity index (χ1) is 8.13. The highest BCUT2D eigenvalue weighted by Gasteiger charge is 2.35. The number of nitrogens with two attached hydrogens (primary N) is 1. The first-order valence-corrected chi connectivity index (χ1v) is 6.97. The van der Waals surface area contributed by atoms with Gasteiger partial charge in [-0.1, -0.05) is 12.8 Å². The third-order valence-corrected chi connectivity index (χ3v) is 4.64. The summed E-state index contributed by atoms with van der Waals surface area (Å²) in [5, 5.41) is 0. The van der Waals surface area contributed by atoms with Gasteiger partial charge in [-0.05, 0) is 59.0 Å². The quantitative estimate of drug-likeness (QED) is 0.926. The summed E-state index contributed by atoms with van der Waals surface area (Å²) in [6.07, 6.45) is 5.01. The van der Waals surface area contributed by atoms with Gasteiger partial charge in [0.2, 0.25) is 0 Å². The Morgan fingerprint density at radius 2 is 2.00 bits per heavy atom. The minimum absolute atomic E-state index is 0.193. The number of aryl methyl sites for hydroxylation is 1. The molecule has 1 aliphatic rings. The van der Waals surface area contributed by atoms with E-state index in [4.69, 9.17) is 10.5 Å². The summed E-state index contributed by atoms with van der Waals surface area (Å²) in [7, 11) is 1.70. The molecule has 94 valence electrons. The zero-order chi connectivity index (χ0) is 12.5. The van der Waals surface area contributed by atoms with Crippen molar-refractivity contribution in [2.75, 3.05) is 13.7 Å². The number of halogens is 1. The molecule has 0 heterocycles. The molecule has 3 heteroatoms. The van der Waals surface area contributed by atoms with E-state index in [-0.39, 0.29) is 5.41 Å². The molecule has 2 N–H and O–H groups in total. The van der Waals surface area contributed by atoms with E-state index >= 15 is 0 Å². The average molecular weight is 298 g/mol. The summed E-state index contributed by atoms with van der Waals surface area (Å²) in [6.45, 7) is 2.90. The average Bonchev–Trinajstić information content (AvgIpc) is 2.81. The van der Waals surface area contributed by atoms with Crippen LogP contribution in [0.25, 0.3) is 0 Å². The fourth-order valence-corrected chi connectivity index (χ4v) is 3.52. The Morgan fingerprint density at radius 3 is 2.53 bits per heavy atom. The molecule has 17 heavy (non-hydrogen) atoms. The topological polar surface area (TPSA) is 35.2 Å². The largest absolute Gasteiger partial charge is 0.496 e. The summed E-state index contributed by atoms with van der Waals surface area (Å²) in [5.74, 6) is 0.899. The van der Waals surface area contributed by atoms with E-state index in [2.05, 4.69) is 35.0 Å². The molecule has 2 rings (SSSR count). The second-order valence-electron chi connectivity index (χ2n) is 4.99. The Kier molecular flexibility index (Phi) is 3.79. The number of hydrogen-bond donors (Lipinski definition) is 1. The van der Waals surface area contributed by atoms with E-state index in [1.165, 1.54) is 36.8 Å². The van der Waals surface area contributed by atoms with Crippen LogP contribution in [0.2, 0.25) is 0 Å². The van der Waals surface area contributed by atoms with Crippen molar-refractivity contribution >= 4 is 15.9 Å². The first-order valence-electron chi connectivity index (χ1n) is 6.17. The van der Waals surface area contributed by atoms with Gasteiger partial charge in [-0.15, -0.1) is 0 Å². The molecule has 0 aliphatic heterocycles. The maximum Gasteiger partial charge on any atom is 0.133 e. The van der Waals surface area contributed by atoms with Gasteiger partial charge < -0.3 is 10.5 Å². The lowest BCUT2D eigenvalue weighted by molar-refractivity contribution is 0.408. The Hall–Kier alpha value is -0.540. The molecule has 2 nitrogen and oxygen atoms in total. The fraction of sp³-hybridized carbons (Fsp3) is 0.571. The predicted octanol–water partition coefficient (Wildman–Crippen LogP) is 3.54. The van der Waals surface area contributed by atoms with E-state index < -0.39 is 0 Å². The van der Waals surface area contributed by atoms with Crippen molar-refractivity contribution < 1.29 is 4.74 Å². The molecule has 1 aromatic rings. The molecule has 0 aromatic heterocycles. The molecule has 0 amide bonds. The molecule has 1 saturated carbocycles. The van der Waals surface area contributed by atoms with Crippen LogP contribution < -0.4 is 10.5 Å². The van der Waals surface area contributed by atoms with Crippen LogP contribution >= 0.6 is 15.9 Å². The molecule has 1 aliphatic carbocycles. The smallest absolute Gasteiger partial charge is 0.133 e. The van der Waals surface area contributed by atoms with Crippen LogP contribution in [0.5, 0.6) is 5.75 Å². The molecule has 0 bridgehead atoms. The molecular weight excluding hydrogens is 278 g/mol. The van der Waals surface area contributed by atoms with Crippen LogP contribution in [0, 0.1) is 6.92 Å². The maximum atomic E-state index is 6.04. The second kappa shape index (κ2) is 4.99. The monoisotopic (exact) mass is 297 g/mol. The van der Waals surface area contributed by atoms with E-state index in [9.17, 15) is 0 Å². The van der Waals surface area contributed by atoms with E-state index in [1.54, 1.807) is 7.11 Å². The number of rotatable bonds is 3. The van der Waals surface area contributed by atoms with Gasteiger partial charge in [0.15, 0.2) is 0 Å². The Morgan fingerprint density at radius 1 is 1.35 bits per heavy atom. The maximum absolute atomic E-state index is 6.04. The minimum Gasteiger partial charge on any atom is -0.496 e. The van der Waals surface area contributed by atoms with Gasteiger partial charge in [-0.2, -0.15) is 0 Å². The van der Waals surface area contributed by atoms with Gasteiger partial charge in [0.25, 0.3) is 0 Å². The zero-order valence-electron chi connectivity index (χ0n) is 10.6. The van der Waals surface area contributed by atoms with Crippen molar-refractivity contribution in [1.29, 1.82) is 0 Å². The zero-order valence-corrected chi connectivity index (χ0v) is 12.1. The molecule has 1 fully saturated rings. The van der Waals surface area contributed by atoms with Gasteiger partial charge in [0.1, 0.15) is 5.75 Å². The van der Waals surface area contributed by atoms with E-state index in [1.807, 2.05) is 0 Å². The van der Waals surface area contributed by atoms with Crippen molar-refractivity contribution in [3.05, 3.63) is 27.7 Å². The third-order valence-electron chi connectivity index (χ3n) is 4.02. The predicted molar refractivity (Wildman–Crippen MR) is 74.6 cm³/mol. The fourth-order valence-electron chi connectivity index (χ4n) is 3.02. The lowest BCUT2D eigenvalue weighted by atomic mass is 9.77. The van der Waals surface area contributed by atoms with Crippen molar-refractivity contribution in [3.63, 3.8) is 0 Å². The molecular formula is C14H20BrNO. The third kappa shape index (κ3) is 2.23. The van der Waals surface area contributed by atoms with Crippen molar-refractivity contribution in [2.24, 2.45) is 5.73 Å². The number of methoxy groups -OCH3 is 1. The van der Waals surface area contributed by atoms with Gasteiger partial charge in [-0.3, -0.25) is 0 Å². The summed E-state index contributed by atoms with van der Waals surface area (Å²) in [5.41, 5.74) is 8.92. The summed E-state index contributed by atoms with van der Waals surface area (Å²) in [6, 6.07) is 4.31. The minimum atomic E-state index is 0.193. The molecule has 0 unspecified atom stereocenters. The lowest BCUT2D eigenvalue weighted by Crippen LogP contribution is -2.32. The molecule has 0 saturated heterocycles. The summed E-state index contributed by atoms with van der Waals surface area (Å²) < 4.78 is 6.36. The van der Waals surface area contributed by atoms with Crippen LogP contribution in [-0.4, -0.2) is 13.7 Å². The van der Waals surface area contributed by atoms with Gasteiger partial charge >= 0.3 is 0 Å². The summed E-state index contributed by atoms with van der Waals surface area (Å²) in [4.78, 5) is 0. The van der Waals surface area contributed by atoms with Crippen LogP contribution in [0.15, 0.2) is 16.6 Å². The van der Waals surface area contributed by atoms with Crippen LogP contribution in [-0.2, 0) is 5.41 Å². The molecule has 0 radical (unpaired) electrons. The Balaban J connectivity index is 2.47. The highest BCUT2D eigenvalue weighted by Crippen LogP contribution is 2.43. The second-order valence-corrected chi connectivity index (χ2v) is 5.85. The van der Waals surface area contributed by atoms with Crippen LogP contribution in [0.3, 0.4) is 0 Å². The van der Waals surface area contributed by atoms with Crippen molar-refractivity contribution in [3.8, 4) is 5.75 Å². The number of ether oxygens (including phenoxy) is 1. The van der Waals surface area contributed by atoms with Crippen LogP contribution in [0.4, 0.5) is 0 Å². The van der Waals surface area contributed by atoms with Gasteiger partial charge in [-0.25, -0.2) is 0 Å². The van der Waals surface area contributed by atoms with Crippen LogP contribution in [0.1, 0.15) is 36.8 Å². The van der Waals surface area contributed by atoms with E-state index in [0.717, 1.165) is 16.8 Å². The first kappa shape index (κ1) is 12.9. The lowest BCUT2D eigenvalue weighted by Gasteiger charge is -2.30. The molecule has 0 spiro atoms. The summed E-state index contributed by atoms with van der Waals surface area (Å²) >= 11 is 3.58. The Bertz CT molecular complexity index is 411. The Labute approximate surface area is 112 Å². The van der Waals surface area contributed by atoms with Gasteiger partial charge in [0, 0.05) is 12.0 Å².